The lowest BCUT2D eigenvalue weighted by atomic mass is 10.1. The van der Waals surface area contributed by atoms with Gasteiger partial charge in [-0.15, -0.1) is 0 Å². The van der Waals surface area contributed by atoms with E-state index in [2.05, 4.69) is 4.98 Å². The molecule has 7 heteroatoms. The molecule has 1 unspecified atom stereocenters. The zero-order valence-corrected chi connectivity index (χ0v) is 14.2. The molecule has 0 fully saturated rings. The van der Waals surface area contributed by atoms with Crippen molar-refractivity contribution >= 4 is 40.1 Å². The second kappa shape index (κ2) is 7.22. The molecule has 1 aromatic heterocycles. The van der Waals surface area contributed by atoms with Crippen LogP contribution in [0.15, 0.2) is 30.5 Å². The van der Waals surface area contributed by atoms with Gasteiger partial charge < -0.3 is 9.84 Å². The summed E-state index contributed by atoms with van der Waals surface area (Å²) in [5, 5.41) is 10.8. The monoisotopic (exact) mass is 357 g/mol. The summed E-state index contributed by atoms with van der Waals surface area (Å²) in [4.78, 5) is 15.7. The summed E-state index contributed by atoms with van der Waals surface area (Å²) in [6.45, 7) is 1.63. The normalized spacial score (nSPS) is 12.0. The number of rotatable bonds is 4. The van der Waals surface area contributed by atoms with Crippen molar-refractivity contribution in [2.45, 2.75) is 13.0 Å². The van der Waals surface area contributed by atoms with E-state index in [1.807, 2.05) is 0 Å². The molecule has 0 bridgehead atoms. The van der Waals surface area contributed by atoms with Crippen LogP contribution in [0.25, 0.3) is 11.3 Å². The Labute approximate surface area is 142 Å². The van der Waals surface area contributed by atoms with Crippen LogP contribution in [0, 0.1) is 0 Å². The number of carbonyl (C=O) groups is 1. The van der Waals surface area contributed by atoms with Gasteiger partial charge in [0.05, 0.1) is 15.7 Å². The zero-order chi connectivity index (χ0) is 16.3. The summed E-state index contributed by atoms with van der Waals surface area (Å²) < 4.78 is 5.44. The average molecular weight is 358 g/mol. The standard InChI is InChI=1S/C15H13Cl2NO3S/c1-8(15(20)22-2)21-13-4-3-9(5-12(13)19)14-11(17)6-10(16)7-18-14/h3-8,19H,1-2H3. The number of thioether (sulfide) groups is 1. The first-order valence-electron chi connectivity index (χ1n) is 6.31. The fourth-order valence-electron chi connectivity index (χ4n) is 1.80. The fraction of sp³-hybridized carbons (Fsp3) is 0.200. The molecule has 0 aliphatic carbocycles. The Kier molecular flexibility index (Phi) is 5.56. The minimum atomic E-state index is -0.649. The molecule has 116 valence electrons. The van der Waals surface area contributed by atoms with E-state index in [9.17, 15) is 9.90 Å². The third-order valence-corrected chi connectivity index (χ3v) is 4.11. The van der Waals surface area contributed by atoms with E-state index < -0.39 is 6.10 Å². The van der Waals surface area contributed by atoms with Crippen molar-refractivity contribution in [2.24, 2.45) is 0 Å². The molecule has 0 aliphatic rings. The molecule has 1 heterocycles. The van der Waals surface area contributed by atoms with E-state index in [1.54, 1.807) is 31.4 Å². The van der Waals surface area contributed by atoms with Crippen LogP contribution in [0.2, 0.25) is 10.0 Å². The Balaban J connectivity index is 2.28. The highest BCUT2D eigenvalue weighted by molar-refractivity contribution is 8.13. The Morgan fingerprint density at radius 1 is 1.36 bits per heavy atom. The maximum absolute atomic E-state index is 11.5. The maximum Gasteiger partial charge on any atom is 0.228 e. The number of phenolic OH excluding ortho intramolecular Hbond substituents is 1. The molecule has 0 saturated carbocycles. The number of nitrogens with zero attached hydrogens (tertiary/aromatic N) is 1. The number of benzene rings is 1. The van der Waals surface area contributed by atoms with Gasteiger partial charge in [-0.25, -0.2) is 0 Å². The lowest BCUT2D eigenvalue weighted by Gasteiger charge is -2.14. The van der Waals surface area contributed by atoms with Crippen molar-refractivity contribution in [2.75, 3.05) is 6.26 Å². The van der Waals surface area contributed by atoms with E-state index in [1.165, 1.54) is 12.3 Å². The molecule has 2 rings (SSSR count). The van der Waals surface area contributed by atoms with Gasteiger partial charge in [-0.1, -0.05) is 35.0 Å². The highest BCUT2D eigenvalue weighted by Crippen LogP contribution is 2.35. The topological polar surface area (TPSA) is 59.4 Å². The smallest absolute Gasteiger partial charge is 0.228 e. The lowest BCUT2D eigenvalue weighted by molar-refractivity contribution is -0.116. The first-order valence-corrected chi connectivity index (χ1v) is 8.29. The number of hydrogen-bond donors (Lipinski definition) is 1. The van der Waals surface area contributed by atoms with Crippen LogP contribution in [0.1, 0.15) is 6.92 Å². The van der Waals surface area contributed by atoms with Gasteiger partial charge in [0.2, 0.25) is 5.12 Å². The third kappa shape index (κ3) is 3.85. The predicted octanol–water partition coefficient (Wildman–Crippen LogP) is 4.42. The molecule has 2 aromatic rings. The van der Waals surface area contributed by atoms with Crippen LogP contribution < -0.4 is 4.74 Å². The molecule has 0 saturated heterocycles. The van der Waals surface area contributed by atoms with Crippen molar-refractivity contribution in [3.05, 3.63) is 40.5 Å². The fourth-order valence-corrected chi connectivity index (χ4v) is 2.67. The summed E-state index contributed by atoms with van der Waals surface area (Å²) in [6.07, 6.45) is 2.51. The quantitative estimate of drug-likeness (QED) is 0.877. The SMILES string of the molecule is CSC(=O)C(C)Oc1ccc(-c2ncc(Cl)cc2Cl)cc1O. The van der Waals surface area contributed by atoms with Gasteiger partial charge in [0.1, 0.15) is 0 Å². The maximum atomic E-state index is 11.5. The number of pyridine rings is 1. The summed E-state index contributed by atoms with van der Waals surface area (Å²) in [6, 6.07) is 6.33. The lowest BCUT2D eigenvalue weighted by Crippen LogP contribution is -2.20. The number of aromatic hydroxyl groups is 1. The second-order valence-electron chi connectivity index (χ2n) is 4.45. The number of halogens is 2. The Bertz CT molecular complexity index is 709. The van der Waals surface area contributed by atoms with Crippen LogP contribution >= 0.6 is 35.0 Å². The van der Waals surface area contributed by atoms with Gasteiger partial charge >= 0.3 is 0 Å². The highest BCUT2D eigenvalue weighted by atomic mass is 35.5. The van der Waals surface area contributed by atoms with Gasteiger partial charge in [0, 0.05) is 11.8 Å². The van der Waals surface area contributed by atoms with Crippen molar-refractivity contribution in [3.63, 3.8) is 0 Å². The summed E-state index contributed by atoms with van der Waals surface area (Å²) in [5.41, 5.74) is 1.12. The number of hydrogen-bond acceptors (Lipinski definition) is 5. The summed E-state index contributed by atoms with van der Waals surface area (Å²) in [5.74, 6) is 0.134. The third-order valence-electron chi connectivity index (χ3n) is 2.88. The van der Waals surface area contributed by atoms with Gasteiger partial charge in [-0.2, -0.15) is 0 Å². The zero-order valence-electron chi connectivity index (χ0n) is 11.8. The molecule has 1 aromatic carbocycles. The van der Waals surface area contributed by atoms with Gasteiger partial charge in [-0.3, -0.25) is 9.78 Å². The Hall–Kier alpha value is -1.43. The summed E-state index contributed by atoms with van der Waals surface area (Å²) in [7, 11) is 0. The van der Waals surface area contributed by atoms with Gasteiger partial charge in [-0.05, 0) is 37.4 Å². The molecule has 0 radical (unpaired) electrons. The van der Waals surface area contributed by atoms with Crippen molar-refractivity contribution in [1.82, 2.24) is 4.98 Å². The number of aromatic nitrogens is 1. The van der Waals surface area contributed by atoms with Gasteiger partial charge in [0.15, 0.2) is 17.6 Å². The van der Waals surface area contributed by atoms with Crippen molar-refractivity contribution in [3.8, 4) is 22.8 Å². The first kappa shape index (κ1) is 16.9. The van der Waals surface area contributed by atoms with Gasteiger partial charge in [0.25, 0.3) is 0 Å². The average Bonchev–Trinajstić information content (AvgIpc) is 2.48. The van der Waals surface area contributed by atoms with Crippen LogP contribution in [0.4, 0.5) is 0 Å². The summed E-state index contributed by atoms with van der Waals surface area (Å²) >= 11 is 13.0. The molecule has 1 atom stereocenters. The molecule has 4 nitrogen and oxygen atoms in total. The number of ether oxygens (including phenoxy) is 1. The van der Waals surface area contributed by atoms with Crippen LogP contribution in [-0.2, 0) is 4.79 Å². The second-order valence-corrected chi connectivity index (χ2v) is 6.10. The minimum absolute atomic E-state index is 0.0916. The van der Waals surface area contributed by atoms with Crippen LogP contribution in [0.3, 0.4) is 0 Å². The molecule has 0 aliphatic heterocycles. The minimum Gasteiger partial charge on any atom is -0.504 e. The van der Waals surface area contributed by atoms with E-state index in [0.29, 0.717) is 21.3 Å². The van der Waals surface area contributed by atoms with Crippen molar-refractivity contribution < 1.29 is 14.6 Å². The van der Waals surface area contributed by atoms with E-state index in [-0.39, 0.29) is 16.6 Å². The van der Waals surface area contributed by atoms with Crippen LogP contribution in [-0.4, -0.2) is 27.6 Å². The number of phenols is 1. The molecular formula is C15H13Cl2NO3S. The predicted molar refractivity (Wildman–Crippen MR) is 90.0 cm³/mol. The van der Waals surface area contributed by atoms with E-state index in [0.717, 1.165) is 11.8 Å². The largest absolute Gasteiger partial charge is 0.504 e. The molecule has 1 N–H and O–H groups in total. The number of carbonyl (C=O) groups excluding carboxylic acids is 1. The molecule has 0 amide bonds. The highest BCUT2D eigenvalue weighted by Gasteiger charge is 2.16. The van der Waals surface area contributed by atoms with Crippen molar-refractivity contribution in [1.29, 1.82) is 0 Å². The molecule has 22 heavy (non-hydrogen) atoms. The molecule has 0 spiro atoms. The molecular weight excluding hydrogens is 345 g/mol. The Morgan fingerprint density at radius 2 is 2.09 bits per heavy atom. The van der Waals surface area contributed by atoms with E-state index in [4.69, 9.17) is 27.9 Å². The van der Waals surface area contributed by atoms with Crippen LogP contribution in [0.5, 0.6) is 11.5 Å². The Morgan fingerprint density at radius 3 is 2.68 bits per heavy atom. The van der Waals surface area contributed by atoms with E-state index >= 15 is 0 Å². The first-order chi connectivity index (χ1) is 10.4.